The van der Waals surface area contributed by atoms with Crippen LogP contribution in [0.2, 0.25) is 0 Å². The van der Waals surface area contributed by atoms with Gasteiger partial charge in [0.2, 0.25) is 0 Å². The van der Waals surface area contributed by atoms with Crippen LogP contribution < -0.4 is 44.0 Å². The molecule has 2 aromatic heterocycles. The molecule has 4 nitrogen and oxygen atoms in total. The van der Waals surface area contributed by atoms with Crippen molar-refractivity contribution in [3.63, 3.8) is 0 Å². The van der Waals surface area contributed by atoms with Gasteiger partial charge in [0.05, 0.1) is 11.3 Å². The number of nitrogens with zero attached hydrogens (tertiary/aromatic N) is 2. The summed E-state index contributed by atoms with van der Waals surface area (Å²) >= 11 is 0. The zero-order valence-electron chi connectivity index (χ0n) is 29.6. The summed E-state index contributed by atoms with van der Waals surface area (Å²) in [4.78, 5) is 29.7. The van der Waals surface area contributed by atoms with E-state index in [9.17, 15) is 9.59 Å². The van der Waals surface area contributed by atoms with Gasteiger partial charge in [0.1, 0.15) is 0 Å². The first kappa shape index (κ1) is 30.7. The molecule has 0 bridgehead atoms. The Kier molecular flexibility index (Phi) is 6.60. The summed E-state index contributed by atoms with van der Waals surface area (Å²) in [6.45, 7) is 8.14. The second-order valence-corrected chi connectivity index (χ2v) is 14.6. The fourth-order valence-electron chi connectivity index (χ4n) is 9.58. The number of hydrogen-bond donors (Lipinski definition) is 0. The molecule has 0 N–H and O–H groups in total. The van der Waals surface area contributed by atoms with Crippen LogP contribution in [-0.2, 0) is 0 Å². The van der Waals surface area contributed by atoms with E-state index in [0.717, 1.165) is 72.2 Å². The highest BCUT2D eigenvalue weighted by molar-refractivity contribution is 7.00. The van der Waals surface area contributed by atoms with Gasteiger partial charge in [-0.3, -0.25) is 14.1 Å². The second kappa shape index (κ2) is 11.2. The molecule has 0 amide bonds. The van der Waals surface area contributed by atoms with Crippen molar-refractivity contribution < 1.29 is 0 Å². The van der Waals surface area contributed by atoms with Crippen molar-refractivity contribution in [1.29, 1.82) is 0 Å². The number of aryl methyl sites for hydroxylation is 4. The van der Waals surface area contributed by atoms with Gasteiger partial charge in [0, 0.05) is 11.1 Å². The van der Waals surface area contributed by atoms with Crippen molar-refractivity contribution >= 4 is 46.3 Å². The molecule has 0 atom stereocenters. The molecular weight excluding hydrogens is 634 g/mol. The van der Waals surface area contributed by atoms with Gasteiger partial charge in [-0.1, -0.05) is 178 Å². The third-order valence-electron chi connectivity index (χ3n) is 11.6. The third kappa shape index (κ3) is 4.12. The molecule has 0 saturated heterocycles. The molecule has 0 radical (unpaired) electrons. The largest absolute Gasteiger partial charge is 0.281 e. The minimum atomic E-state index is -0.290. The molecule has 2 aliphatic heterocycles. The number of rotatable bonds is 4. The Morgan fingerprint density at radius 2 is 0.865 bits per heavy atom. The Labute approximate surface area is 303 Å². The highest BCUT2D eigenvalue weighted by Crippen LogP contribution is 2.29. The van der Waals surface area contributed by atoms with E-state index < -0.39 is 0 Å². The van der Waals surface area contributed by atoms with E-state index in [1.807, 2.05) is 34.8 Å². The predicted octanol–water partition coefficient (Wildman–Crippen LogP) is 4.76. The number of benzene rings is 6. The maximum atomic E-state index is 14.9. The molecule has 52 heavy (non-hydrogen) atoms. The number of fused-ring (bicyclic) bond motifs is 9. The molecule has 2 aliphatic rings. The first-order valence-corrected chi connectivity index (χ1v) is 18.0. The van der Waals surface area contributed by atoms with Crippen LogP contribution in [-0.4, -0.2) is 22.5 Å². The van der Waals surface area contributed by atoms with Gasteiger partial charge in [-0.25, -0.2) is 0 Å². The van der Waals surface area contributed by atoms with E-state index >= 15 is 0 Å². The monoisotopic (exact) mass is 668 g/mol. The van der Waals surface area contributed by atoms with Crippen molar-refractivity contribution in [3.05, 3.63) is 176 Å². The lowest BCUT2D eigenvalue weighted by Gasteiger charge is -2.19. The Morgan fingerprint density at radius 1 is 0.423 bits per heavy atom. The zero-order chi connectivity index (χ0) is 35.4. The lowest BCUT2D eigenvalue weighted by molar-refractivity contribution is 0.822. The summed E-state index contributed by atoms with van der Waals surface area (Å²) in [6.07, 6.45) is 0. The first-order chi connectivity index (χ1) is 25.3. The van der Waals surface area contributed by atoms with Crippen molar-refractivity contribution in [2.45, 2.75) is 27.7 Å². The lowest BCUT2D eigenvalue weighted by Crippen LogP contribution is -2.56. The maximum absolute atomic E-state index is 14.9. The molecule has 0 fully saturated rings. The topological polar surface area (TPSA) is 43.0 Å². The molecular formula is C46H34B2N2O2. The van der Waals surface area contributed by atoms with Gasteiger partial charge in [0.15, 0.2) is 0 Å². The SMILES string of the molecule is Cc1cc(-c2ccccc2)cc(C)c1B1c2ccccc2-c2c1c(=O)n1c(=O)c3c(n21)B(c1c(C)cc(-c2ccccc2)cc1C)c1ccccc1-3. The van der Waals surface area contributed by atoms with Gasteiger partial charge in [-0.15, -0.1) is 0 Å². The van der Waals surface area contributed by atoms with Crippen LogP contribution in [0.5, 0.6) is 0 Å². The van der Waals surface area contributed by atoms with Gasteiger partial charge < -0.3 is 0 Å². The van der Waals surface area contributed by atoms with Crippen LogP contribution in [0.25, 0.3) is 44.6 Å². The molecule has 0 spiro atoms. The Hall–Kier alpha value is -6.13. The van der Waals surface area contributed by atoms with E-state index in [1.165, 1.54) is 21.1 Å². The summed E-state index contributed by atoms with van der Waals surface area (Å²) < 4.78 is 3.44. The van der Waals surface area contributed by atoms with Gasteiger partial charge in [-0.05, 0) is 61.1 Å². The fourth-order valence-corrected chi connectivity index (χ4v) is 9.58. The number of aromatic nitrogens is 2. The van der Waals surface area contributed by atoms with Crippen LogP contribution in [0.4, 0.5) is 0 Å². The summed E-state index contributed by atoms with van der Waals surface area (Å²) in [5, 5.41) is 0. The summed E-state index contributed by atoms with van der Waals surface area (Å²) in [5.41, 5.74) is 18.2. The van der Waals surface area contributed by atoms with Crippen molar-refractivity contribution in [2.75, 3.05) is 0 Å². The van der Waals surface area contributed by atoms with Crippen LogP contribution in [0.15, 0.2) is 143 Å². The highest BCUT2D eigenvalue weighted by atomic mass is 16.2. The Bertz CT molecular complexity index is 2850. The minimum Gasteiger partial charge on any atom is -0.268 e. The molecule has 0 aliphatic carbocycles. The Morgan fingerprint density at radius 3 is 1.40 bits per heavy atom. The average Bonchev–Trinajstić information content (AvgIpc) is 3.85. The van der Waals surface area contributed by atoms with Gasteiger partial charge in [0.25, 0.3) is 24.5 Å². The maximum Gasteiger partial charge on any atom is 0.281 e. The predicted molar refractivity (Wildman–Crippen MR) is 217 cm³/mol. The summed E-state index contributed by atoms with van der Waals surface area (Å²) in [7, 11) is 0. The molecule has 0 saturated carbocycles. The van der Waals surface area contributed by atoms with E-state index in [4.69, 9.17) is 0 Å². The van der Waals surface area contributed by atoms with Crippen LogP contribution >= 0.6 is 0 Å². The summed E-state index contributed by atoms with van der Waals surface area (Å²) in [5.74, 6) is 0. The molecule has 0 unspecified atom stereocenters. The van der Waals surface area contributed by atoms with E-state index in [1.54, 1.807) is 0 Å². The molecule has 6 heteroatoms. The van der Waals surface area contributed by atoms with Crippen molar-refractivity contribution in [3.8, 4) is 44.6 Å². The van der Waals surface area contributed by atoms with Crippen LogP contribution in [0.3, 0.4) is 0 Å². The molecule has 6 aromatic carbocycles. The highest BCUT2D eigenvalue weighted by Gasteiger charge is 2.47. The second-order valence-electron chi connectivity index (χ2n) is 14.6. The van der Waals surface area contributed by atoms with Crippen molar-refractivity contribution in [2.24, 2.45) is 0 Å². The lowest BCUT2D eigenvalue weighted by atomic mass is 9.37. The molecule has 246 valence electrons. The van der Waals surface area contributed by atoms with Crippen LogP contribution in [0.1, 0.15) is 22.3 Å². The number of hydrogen-bond acceptors (Lipinski definition) is 2. The van der Waals surface area contributed by atoms with E-state index in [0.29, 0.717) is 11.0 Å². The molecule has 10 rings (SSSR count). The van der Waals surface area contributed by atoms with E-state index in [-0.39, 0.29) is 24.5 Å². The smallest absolute Gasteiger partial charge is 0.268 e. The third-order valence-corrected chi connectivity index (χ3v) is 11.6. The van der Waals surface area contributed by atoms with Crippen molar-refractivity contribution in [1.82, 2.24) is 9.03 Å². The van der Waals surface area contributed by atoms with E-state index in [2.05, 4.69) is 131 Å². The Balaban J connectivity index is 1.25. The summed E-state index contributed by atoms with van der Waals surface area (Å²) in [6, 6.07) is 46.5. The fraction of sp³-hybridized carbons (Fsp3) is 0.0870. The normalized spacial score (nSPS) is 12.7. The van der Waals surface area contributed by atoms with Gasteiger partial charge in [-0.2, -0.15) is 4.52 Å². The van der Waals surface area contributed by atoms with Gasteiger partial charge >= 0.3 is 0 Å². The zero-order valence-corrected chi connectivity index (χ0v) is 29.6. The molecule has 4 heterocycles. The standard InChI is InChI=1S/C46H34B2N2O2/c1-27-23-33(31-15-7-5-8-16-31)24-28(2)40(27)47-38-22-14-12-20-36(38)43-42(47)46(52)50-45(51)39-35-19-11-13-21-37(35)48(44(39)49(43)50)41-29(3)25-34(26-30(41)4)32-17-9-6-10-18-32/h5-26H,1-4H3. The molecule has 8 aromatic rings. The average molecular weight is 668 g/mol. The quantitative estimate of drug-likeness (QED) is 0.254. The van der Waals surface area contributed by atoms with Crippen LogP contribution in [0, 0.1) is 27.7 Å². The first-order valence-electron chi connectivity index (χ1n) is 18.0. The minimum absolute atomic E-state index is 0.218.